The third kappa shape index (κ3) is 3.17. The summed E-state index contributed by atoms with van der Waals surface area (Å²) in [6.07, 6.45) is 4.19. The van der Waals surface area contributed by atoms with Gasteiger partial charge >= 0.3 is 0 Å². The Kier molecular flexibility index (Phi) is 4.19. The number of ether oxygens (including phenoxy) is 1. The van der Waals surface area contributed by atoms with Crippen molar-refractivity contribution in [3.8, 4) is 0 Å². The van der Waals surface area contributed by atoms with E-state index in [2.05, 4.69) is 10.6 Å². The normalized spacial score (nSPS) is 32.2. The molecule has 0 bridgehead atoms. The van der Waals surface area contributed by atoms with Crippen molar-refractivity contribution < 1.29 is 9.84 Å². The van der Waals surface area contributed by atoms with Gasteiger partial charge in [0.2, 0.25) is 5.79 Å². The summed E-state index contributed by atoms with van der Waals surface area (Å²) in [5, 5.41) is 19.0. The van der Waals surface area contributed by atoms with Gasteiger partial charge in [0.25, 0.3) is 0 Å². The van der Waals surface area contributed by atoms with Crippen molar-refractivity contribution in [1.82, 2.24) is 10.6 Å². The van der Waals surface area contributed by atoms with Gasteiger partial charge in [-0.15, -0.1) is 0 Å². The SMILES string of the molecule is CC([O])(OC1CCNCC1)C1CCCNC1. The van der Waals surface area contributed by atoms with Gasteiger partial charge in [-0.25, -0.2) is 0 Å². The molecule has 16 heavy (non-hydrogen) atoms. The maximum Gasteiger partial charge on any atom is 0.203 e. The summed E-state index contributed by atoms with van der Waals surface area (Å²) in [7, 11) is 0. The second-order valence-corrected chi connectivity index (χ2v) is 5.13. The number of hydrogen-bond donors (Lipinski definition) is 2. The highest BCUT2D eigenvalue weighted by Gasteiger charge is 2.38. The number of hydrogen-bond acceptors (Lipinski definition) is 3. The summed E-state index contributed by atoms with van der Waals surface area (Å²) in [6, 6.07) is 0. The van der Waals surface area contributed by atoms with Gasteiger partial charge in [0.1, 0.15) is 0 Å². The van der Waals surface area contributed by atoms with Gasteiger partial charge in [0, 0.05) is 12.5 Å². The summed E-state index contributed by atoms with van der Waals surface area (Å²) >= 11 is 0. The van der Waals surface area contributed by atoms with Crippen LogP contribution in [0.15, 0.2) is 0 Å². The van der Waals surface area contributed by atoms with Crippen LogP contribution in [-0.4, -0.2) is 38.1 Å². The van der Waals surface area contributed by atoms with Crippen molar-refractivity contribution in [2.45, 2.75) is 44.5 Å². The highest BCUT2D eigenvalue weighted by Crippen LogP contribution is 2.28. The summed E-state index contributed by atoms with van der Waals surface area (Å²) in [5.74, 6) is -1.09. The fourth-order valence-electron chi connectivity index (χ4n) is 2.64. The lowest BCUT2D eigenvalue weighted by Crippen LogP contribution is -2.48. The quantitative estimate of drug-likeness (QED) is 0.704. The Hall–Kier alpha value is -0.160. The van der Waals surface area contributed by atoms with E-state index in [1.807, 2.05) is 0 Å². The summed E-state index contributed by atoms with van der Waals surface area (Å²) < 4.78 is 5.78. The van der Waals surface area contributed by atoms with Gasteiger partial charge in [-0.2, -0.15) is 5.11 Å². The van der Waals surface area contributed by atoms with Crippen LogP contribution < -0.4 is 10.6 Å². The maximum absolute atomic E-state index is 12.4. The zero-order valence-electron chi connectivity index (χ0n) is 10.1. The molecule has 2 atom stereocenters. The fourth-order valence-corrected chi connectivity index (χ4v) is 2.64. The minimum atomic E-state index is -1.21. The molecule has 0 aliphatic carbocycles. The third-order valence-corrected chi connectivity index (χ3v) is 3.73. The van der Waals surface area contributed by atoms with E-state index in [0.29, 0.717) is 0 Å². The van der Waals surface area contributed by atoms with Crippen LogP contribution in [0.1, 0.15) is 32.6 Å². The van der Waals surface area contributed by atoms with Gasteiger partial charge in [0.15, 0.2) is 0 Å². The van der Waals surface area contributed by atoms with Crippen LogP contribution in [-0.2, 0) is 9.84 Å². The van der Waals surface area contributed by atoms with Gasteiger partial charge in [0.05, 0.1) is 6.10 Å². The van der Waals surface area contributed by atoms with Crippen molar-refractivity contribution in [2.75, 3.05) is 26.2 Å². The lowest BCUT2D eigenvalue weighted by atomic mass is 9.91. The molecule has 2 heterocycles. The molecule has 2 unspecified atom stereocenters. The molecule has 0 aromatic heterocycles. The minimum absolute atomic E-state index is 0.121. The zero-order valence-corrected chi connectivity index (χ0v) is 10.1. The van der Waals surface area contributed by atoms with Gasteiger partial charge in [-0.1, -0.05) is 0 Å². The molecule has 2 rings (SSSR count). The van der Waals surface area contributed by atoms with Gasteiger partial charge < -0.3 is 15.4 Å². The van der Waals surface area contributed by atoms with Crippen LogP contribution in [0.3, 0.4) is 0 Å². The minimum Gasteiger partial charge on any atom is -0.344 e. The highest BCUT2D eigenvalue weighted by molar-refractivity contribution is 4.81. The maximum atomic E-state index is 12.4. The van der Waals surface area contributed by atoms with E-state index in [-0.39, 0.29) is 12.0 Å². The predicted octanol–water partition coefficient (Wildman–Crippen LogP) is 0.901. The first-order chi connectivity index (χ1) is 7.68. The fraction of sp³-hybridized carbons (Fsp3) is 1.00. The smallest absolute Gasteiger partial charge is 0.203 e. The first-order valence-corrected chi connectivity index (χ1v) is 6.48. The van der Waals surface area contributed by atoms with Crippen molar-refractivity contribution in [1.29, 1.82) is 0 Å². The highest BCUT2D eigenvalue weighted by atomic mass is 16.6. The van der Waals surface area contributed by atoms with E-state index in [1.165, 1.54) is 0 Å². The van der Waals surface area contributed by atoms with Crippen molar-refractivity contribution in [3.63, 3.8) is 0 Å². The Morgan fingerprint density at radius 1 is 1.12 bits per heavy atom. The Labute approximate surface area is 97.7 Å². The molecular formula is C12H23N2O2. The Morgan fingerprint density at radius 3 is 2.50 bits per heavy atom. The number of piperidine rings is 2. The number of nitrogens with one attached hydrogen (secondary N) is 2. The summed E-state index contributed by atoms with van der Waals surface area (Å²) in [6.45, 7) is 5.52. The first-order valence-electron chi connectivity index (χ1n) is 6.48. The standard InChI is InChI=1S/C12H23N2O2/c1-12(15,10-3-2-6-14-9-10)16-11-4-7-13-8-5-11/h10-11,13-14H,2-9H2,1H3. The van der Waals surface area contributed by atoms with E-state index in [9.17, 15) is 5.11 Å². The average molecular weight is 227 g/mol. The molecule has 2 saturated heterocycles. The van der Waals surface area contributed by atoms with Crippen molar-refractivity contribution >= 4 is 0 Å². The second-order valence-electron chi connectivity index (χ2n) is 5.13. The summed E-state index contributed by atoms with van der Waals surface area (Å²) in [5.41, 5.74) is 0. The molecule has 93 valence electrons. The molecule has 4 nitrogen and oxygen atoms in total. The molecule has 4 heteroatoms. The molecule has 0 aromatic carbocycles. The van der Waals surface area contributed by atoms with Crippen LogP contribution >= 0.6 is 0 Å². The van der Waals surface area contributed by atoms with Crippen molar-refractivity contribution in [3.05, 3.63) is 0 Å². The largest absolute Gasteiger partial charge is 0.344 e. The van der Waals surface area contributed by atoms with Crippen LogP contribution in [0.25, 0.3) is 0 Å². The van der Waals surface area contributed by atoms with Gasteiger partial charge in [-0.05, 0) is 52.2 Å². The summed E-state index contributed by atoms with van der Waals surface area (Å²) in [4.78, 5) is 0. The van der Waals surface area contributed by atoms with Crippen LogP contribution in [0.4, 0.5) is 0 Å². The topological polar surface area (TPSA) is 53.2 Å². The van der Waals surface area contributed by atoms with E-state index in [4.69, 9.17) is 4.74 Å². The zero-order chi connectivity index (χ0) is 11.4. The predicted molar refractivity (Wildman–Crippen MR) is 61.7 cm³/mol. The van der Waals surface area contributed by atoms with Crippen LogP contribution in [0.2, 0.25) is 0 Å². The van der Waals surface area contributed by atoms with E-state index in [1.54, 1.807) is 6.92 Å². The van der Waals surface area contributed by atoms with Gasteiger partial charge in [-0.3, -0.25) is 0 Å². The van der Waals surface area contributed by atoms with Crippen molar-refractivity contribution in [2.24, 2.45) is 5.92 Å². The Morgan fingerprint density at radius 2 is 1.88 bits per heavy atom. The van der Waals surface area contributed by atoms with E-state index >= 15 is 0 Å². The molecular weight excluding hydrogens is 204 g/mol. The molecule has 2 aliphatic rings. The first kappa shape index (κ1) is 12.3. The van der Waals surface area contributed by atoms with Crippen LogP contribution in [0.5, 0.6) is 0 Å². The van der Waals surface area contributed by atoms with E-state index in [0.717, 1.165) is 51.9 Å². The lowest BCUT2D eigenvalue weighted by molar-refractivity contribution is -0.285. The molecule has 0 saturated carbocycles. The lowest BCUT2D eigenvalue weighted by Gasteiger charge is -2.37. The molecule has 2 fully saturated rings. The van der Waals surface area contributed by atoms with E-state index < -0.39 is 5.79 Å². The second kappa shape index (κ2) is 5.45. The Balaban J connectivity index is 1.84. The Bertz CT molecular complexity index is 209. The molecule has 0 spiro atoms. The molecule has 2 N–H and O–H groups in total. The average Bonchev–Trinajstić information content (AvgIpc) is 2.31. The molecule has 0 aromatic rings. The molecule has 2 aliphatic heterocycles. The monoisotopic (exact) mass is 227 g/mol. The number of rotatable bonds is 3. The molecule has 0 amide bonds. The van der Waals surface area contributed by atoms with Crippen LogP contribution in [0, 0.1) is 5.92 Å². The third-order valence-electron chi connectivity index (χ3n) is 3.73. The molecule has 1 radical (unpaired) electrons.